The zero-order valence-corrected chi connectivity index (χ0v) is 10.6. The van der Waals surface area contributed by atoms with E-state index >= 15 is 0 Å². The molecule has 90 valence electrons. The van der Waals surface area contributed by atoms with E-state index in [1.54, 1.807) is 11.3 Å². The van der Waals surface area contributed by atoms with Crippen molar-refractivity contribution in [2.24, 2.45) is 11.8 Å². The van der Waals surface area contributed by atoms with Crippen molar-refractivity contribution in [3.8, 4) is 0 Å². The lowest BCUT2D eigenvalue weighted by molar-refractivity contribution is 0.385. The fourth-order valence-corrected chi connectivity index (χ4v) is 4.73. The van der Waals surface area contributed by atoms with Crippen molar-refractivity contribution in [1.82, 2.24) is 5.43 Å². The molecule has 2 atom stereocenters. The summed E-state index contributed by atoms with van der Waals surface area (Å²) < 4.78 is 22.8. The Hall–Kier alpha value is -0.430. The van der Waals surface area contributed by atoms with Crippen molar-refractivity contribution in [3.05, 3.63) is 22.4 Å². The molecule has 6 heteroatoms. The Labute approximate surface area is 99.7 Å². The second kappa shape index (κ2) is 4.83. The zero-order chi connectivity index (χ0) is 11.6. The molecule has 1 aliphatic heterocycles. The summed E-state index contributed by atoms with van der Waals surface area (Å²) in [5.41, 5.74) is 3.98. The van der Waals surface area contributed by atoms with Crippen LogP contribution < -0.4 is 11.3 Å². The summed E-state index contributed by atoms with van der Waals surface area (Å²) in [5, 5.41) is 4.10. The molecule has 1 aliphatic rings. The van der Waals surface area contributed by atoms with Crippen LogP contribution in [0.2, 0.25) is 0 Å². The van der Waals surface area contributed by atoms with Gasteiger partial charge in [-0.25, -0.2) is 8.42 Å². The van der Waals surface area contributed by atoms with Gasteiger partial charge in [0.2, 0.25) is 0 Å². The number of sulfone groups is 1. The lowest BCUT2D eigenvalue weighted by Gasteiger charge is -2.20. The van der Waals surface area contributed by atoms with Gasteiger partial charge in [-0.1, -0.05) is 0 Å². The Morgan fingerprint density at radius 3 is 2.94 bits per heavy atom. The van der Waals surface area contributed by atoms with Gasteiger partial charge in [0.25, 0.3) is 0 Å². The molecule has 2 rings (SSSR count). The Kier molecular flexibility index (Phi) is 3.63. The standard InChI is InChI=1S/C10H16N2O2S2/c11-12-10(5-8-1-3-15-6-8)9-2-4-16(13,14)7-9/h1,3,6,9-10,12H,2,4-5,7,11H2. The molecule has 0 saturated carbocycles. The maximum atomic E-state index is 11.4. The number of hydrogen-bond donors (Lipinski definition) is 2. The van der Waals surface area contributed by atoms with E-state index in [-0.39, 0.29) is 17.7 Å². The molecule has 2 unspecified atom stereocenters. The maximum Gasteiger partial charge on any atom is 0.150 e. The van der Waals surface area contributed by atoms with Gasteiger partial charge in [-0.15, -0.1) is 0 Å². The highest BCUT2D eigenvalue weighted by Gasteiger charge is 2.33. The highest BCUT2D eigenvalue weighted by Crippen LogP contribution is 2.24. The lowest BCUT2D eigenvalue weighted by atomic mass is 9.95. The van der Waals surface area contributed by atoms with Crippen LogP contribution in [-0.4, -0.2) is 26.0 Å². The molecule has 16 heavy (non-hydrogen) atoms. The van der Waals surface area contributed by atoms with Crippen molar-refractivity contribution in [2.75, 3.05) is 11.5 Å². The Bertz CT molecular complexity index is 428. The Morgan fingerprint density at radius 1 is 1.62 bits per heavy atom. The van der Waals surface area contributed by atoms with E-state index < -0.39 is 9.84 Å². The first-order chi connectivity index (χ1) is 7.61. The van der Waals surface area contributed by atoms with Gasteiger partial charge >= 0.3 is 0 Å². The minimum Gasteiger partial charge on any atom is -0.271 e. The Balaban J connectivity index is 2.01. The quantitative estimate of drug-likeness (QED) is 0.613. The van der Waals surface area contributed by atoms with Crippen LogP contribution in [0.25, 0.3) is 0 Å². The Morgan fingerprint density at radius 2 is 2.44 bits per heavy atom. The van der Waals surface area contributed by atoms with Crippen LogP contribution in [0, 0.1) is 5.92 Å². The van der Waals surface area contributed by atoms with Crippen LogP contribution in [-0.2, 0) is 16.3 Å². The molecule has 1 fully saturated rings. The molecular formula is C10H16N2O2S2. The number of nitrogens with one attached hydrogen (secondary N) is 1. The predicted molar refractivity (Wildman–Crippen MR) is 65.9 cm³/mol. The van der Waals surface area contributed by atoms with E-state index in [1.165, 1.54) is 5.56 Å². The molecule has 0 spiro atoms. The average molecular weight is 260 g/mol. The number of thiophene rings is 1. The molecule has 2 heterocycles. The van der Waals surface area contributed by atoms with Gasteiger partial charge in [0.1, 0.15) is 0 Å². The van der Waals surface area contributed by atoms with Gasteiger partial charge in [-0.05, 0) is 41.1 Å². The van der Waals surface area contributed by atoms with Crippen molar-refractivity contribution in [3.63, 3.8) is 0 Å². The molecule has 1 aromatic heterocycles. The first-order valence-corrected chi connectivity index (χ1v) is 8.05. The normalized spacial score (nSPS) is 25.7. The second-order valence-electron chi connectivity index (χ2n) is 4.27. The van der Waals surface area contributed by atoms with Crippen LogP contribution in [0.15, 0.2) is 16.8 Å². The third kappa shape index (κ3) is 2.82. The van der Waals surface area contributed by atoms with E-state index in [9.17, 15) is 8.42 Å². The first kappa shape index (κ1) is 12.0. The first-order valence-electron chi connectivity index (χ1n) is 5.28. The molecule has 3 N–H and O–H groups in total. The number of hydrogen-bond acceptors (Lipinski definition) is 5. The van der Waals surface area contributed by atoms with Gasteiger partial charge in [0, 0.05) is 6.04 Å². The van der Waals surface area contributed by atoms with Gasteiger partial charge in [0.15, 0.2) is 9.84 Å². The van der Waals surface area contributed by atoms with Gasteiger partial charge in [0.05, 0.1) is 11.5 Å². The number of nitrogens with two attached hydrogens (primary N) is 1. The molecule has 4 nitrogen and oxygen atoms in total. The van der Waals surface area contributed by atoms with Gasteiger partial charge < -0.3 is 0 Å². The maximum absolute atomic E-state index is 11.4. The number of rotatable bonds is 4. The third-order valence-corrected chi connectivity index (χ3v) is 5.61. The van der Waals surface area contributed by atoms with Crippen molar-refractivity contribution >= 4 is 21.2 Å². The summed E-state index contributed by atoms with van der Waals surface area (Å²) in [6.07, 6.45) is 1.53. The van der Waals surface area contributed by atoms with Crippen molar-refractivity contribution in [2.45, 2.75) is 18.9 Å². The monoisotopic (exact) mass is 260 g/mol. The highest BCUT2D eigenvalue weighted by molar-refractivity contribution is 7.91. The summed E-state index contributed by atoms with van der Waals surface area (Å²) in [5.74, 6) is 6.24. The fraction of sp³-hybridized carbons (Fsp3) is 0.600. The fourth-order valence-electron chi connectivity index (χ4n) is 2.17. The van der Waals surface area contributed by atoms with E-state index in [1.807, 2.05) is 5.38 Å². The minimum atomic E-state index is -2.82. The molecule has 1 saturated heterocycles. The van der Waals surface area contributed by atoms with Crippen molar-refractivity contribution < 1.29 is 8.42 Å². The molecule has 0 radical (unpaired) electrons. The summed E-state index contributed by atoms with van der Waals surface area (Å²) in [7, 11) is -2.82. The molecule has 0 amide bonds. The van der Waals surface area contributed by atoms with Crippen molar-refractivity contribution in [1.29, 1.82) is 0 Å². The summed E-state index contributed by atoms with van der Waals surface area (Å²) in [4.78, 5) is 0. The average Bonchev–Trinajstić information content (AvgIpc) is 2.83. The molecular weight excluding hydrogens is 244 g/mol. The van der Waals surface area contributed by atoms with Gasteiger partial charge in [-0.3, -0.25) is 11.3 Å². The molecule has 0 bridgehead atoms. The lowest BCUT2D eigenvalue weighted by Crippen LogP contribution is -2.42. The zero-order valence-electron chi connectivity index (χ0n) is 8.93. The van der Waals surface area contributed by atoms with Crippen LogP contribution >= 0.6 is 11.3 Å². The highest BCUT2D eigenvalue weighted by atomic mass is 32.2. The van der Waals surface area contributed by atoms with E-state index in [0.29, 0.717) is 5.75 Å². The van der Waals surface area contributed by atoms with Crippen LogP contribution in [0.5, 0.6) is 0 Å². The van der Waals surface area contributed by atoms with Crippen LogP contribution in [0.4, 0.5) is 0 Å². The second-order valence-corrected chi connectivity index (χ2v) is 7.28. The van der Waals surface area contributed by atoms with E-state index in [0.717, 1.165) is 12.8 Å². The predicted octanol–water partition coefficient (Wildman–Crippen LogP) is 0.557. The SMILES string of the molecule is NNC(Cc1ccsc1)C1CCS(=O)(=O)C1. The summed E-state index contributed by atoms with van der Waals surface area (Å²) in [6, 6.07) is 2.12. The van der Waals surface area contributed by atoms with Crippen LogP contribution in [0.3, 0.4) is 0 Å². The smallest absolute Gasteiger partial charge is 0.150 e. The third-order valence-electron chi connectivity index (χ3n) is 3.09. The summed E-state index contributed by atoms with van der Waals surface area (Å²) in [6.45, 7) is 0. The molecule has 1 aromatic rings. The van der Waals surface area contributed by atoms with E-state index in [2.05, 4.69) is 16.9 Å². The van der Waals surface area contributed by atoms with E-state index in [4.69, 9.17) is 5.84 Å². The number of hydrazine groups is 1. The van der Waals surface area contributed by atoms with Gasteiger partial charge in [-0.2, -0.15) is 11.3 Å². The van der Waals surface area contributed by atoms with Crippen LogP contribution in [0.1, 0.15) is 12.0 Å². The summed E-state index contributed by atoms with van der Waals surface area (Å²) >= 11 is 1.65. The largest absolute Gasteiger partial charge is 0.271 e. The minimum absolute atomic E-state index is 0.0619. The molecule has 0 aliphatic carbocycles. The topological polar surface area (TPSA) is 72.2 Å². The molecule has 0 aromatic carbocycles.